The number of carbonyl (C=O) groups is 2. The molecule has 0 aliphatic rings. The first-order chi connectivity index (χ1) is 9.58. The van der Waals surface area contributed by atoms with Crippen LogP contribution in [0.15, 0.2) is 22.9 Å². The lowest BCUT2D eigenvalue weighted by Crippen LogP contribution is -2.27. The van der Waals surface area contributed by atoms with Crippen LogP contribution in [0.5, 0.6) is 0 Å². The molecule has 1 amide bonds. The molecule has 5 nitrogen and oxygen atoms in total. The third kappa shape index (κ3) is 3.64. The van der Waals surface area contributed by atoms with Crippen molar-refractivity contribution in [2.24, 2.45) is 5.92 Å². The van der Waals surface area contributed by atoms with E-state index >= 15 is 0 Å². The van der Waals surface area contributed by atoms with Crippen molar-refractivity contribution in [2.45, 2.75) is 13.3 Å². The fraction of sp³-hybridized carbons (Fsp3) is 0.308. The summed E-state index contributed by atoms with van der Waals surface area (Å²) in [5.41, 5.74) is 0.376. The summed E-state index contributed by atoms with van der Waals surface area (Å²) in [6.07, 6.45) is 0.406. The maximum atomic E-state index is 11.9. The van der Waals surface area contributed by atoms with E-state index in [1.807, 2.05) is 17.5 Å². The minimum absolute atomic E-state index is 0.262. The number of rotatable bonds is 6. The van der Waals surface area contributed by atoms with Crippen LogP contribution in [-0.2, 0) is 4.79 Å². The van der Waals surface area contributed by atoms with Crippen LogP contribution in [0.1, 0.15) is 23.8 Å². The first-order valence-corrected chi connectivity index (χ1v) is 7.84. The minimum atomic E-state index is -0.854. The molecule has 2 aromatic heterocycles. The van der Waals surface area contributed by atoms with Crippen molar-refractivity contribution in [3.8, 4) is 9.88 Å². The molecule has 0 aromatic carbocycles. The first-order valence-electron chi connectivity index (χ1n) is 6.08. The number of nitrogens with one attached hydrogen (secondary N) is 1. The molecular formula is C13H14N2O3S2. The average molecular weight is 310 g/mol. The van der Waals surface area contributed by atoms with E-state index in [0.29, 0.717) is 18.7 Å². The summed E-state index contributed by atoms with van der Waals surface area (Å²) in [6, 6.07) is 3.90. The number of thiazole rings is 1. The Morgan fingerprint density at radius 1 is 1.45 bits per heavy atom. The lowest BCUT2D eigenvalue weighted by Gasteiger charge is -2.06. The summed E-state index contributed by atoms with van der Waals surface area (Å²) in [5.74, 6) is -1.58. The van der Waals surface area contributed by atoms with Crippen LogP contribution in [0.25, 0.3) is 9.88 Å². The first kappa shape index (κ1) is 14.7. The fourth-order valence-electron chi connectivity index (χ4n) is 1.51. The maximum Gasteiger partial charge on any atom is 0.306 e. The smallest absolute Gasteiger partial charge is 0.306 e. The third-order valence-electron chi connectivity index (χ3n) is 2.75. The SMILES string of the molecule is CC(CCNC(=O)c1csc(-c2cccs2)n1)C(=O)O. The Balaban J connectivity index is 1.89. The fourth-order valence-corrected chi connectivity index (χ4v) is 3.12. The monoisotopic (exact) mass is 310 g/mol. The number of carboxylic acid groups (broad SMARTS) is 1. The minimum Gasteiger partial charge on any atom is -0.481 e. The van der Waals surface area contributed by atoms with Gasteiger partial charge in [0, 0.05) is 11.9 Å². The molecule has 0 saturated carbocycles. The van der Waals surface area contributed by atoms with Gasteiger partial charge in [0.2, 0.25) is 0 Å². The highest BCUT2D eigenvalue weighted by atomic mass is 32.1. The van der Waals surface area contributed by atoms with E-state index in [0.717, 1.165) is 9.88 Å². The van der Waals surface area contributed by atoms with E-state index < -0.39 is 11.9 Å². The van der Waals surface area contributed by atoms with E-state index in [4.69, 9.17) is 5.11 Å². The van der Waals surface area contributed by atoms with Crippen molar-refractivity contribution in [1.29, 1.82) is 0 Å². The number of nitrogens with zero attached hydrogens (tertiary/aromatic N) is 1. The van der Waals surface area contributed by atoms with Crippen LogP contribution in [0.2, 0.25) is 0 Å². The summed E-state index contributed by atoms with van der Waals surface area (Å²) in [4.78, 5) is 27.8. The number of hydrogen-bond donors (Lipinski definition) is 2. The molecule has 2 heterocycles. The van der Waals surface area contributed by atoms with Crippen molar-refractivity contribution < 1.29 is 14.7 Å². The lowest BCUT2D eigenvalue weighted by molar-refractivity contribution is -0.141. The Labute approximate surface area is 124 Å². The average Bonchev–Trinajstić information content (AvgIpc) is 3.08. The van der Waals surface area contributed by atoms with Gasteiger partial charge in [-0.1, -0.05) is 13.0 Å². The summed E-state index contributed by atoms with van der Waals surface area (Å²) < 4.78 is 0. The molecule has 0 bridgehead atoms. The molecule has 106 valence electrons. The quantitative estimate of drug-likeness (QED) is 0.860. The van der Waals surface area contributed by atoms with Gasteiger partial charge in [0.15, 0.2) is 0 Å². The zero-order chi connectivity index (χ0) is 14.5. The normalized spacial score (nSPS) is 12.1. The predicted octanol–water partition coefficient (Wildman–Crippen LogP) is 2.71. The number of thiophene rings is 1. The summed E-state index contributed by atoms with van der Waals surface area (Å²) in [7, 11) is 0. The topological polar surface area (TPSA) is 79.3 Å². The van der Waals surface area contributed by atoms with Crippen LogP contribution in [0, 0.1) is 5.92 Å². The Morgan fingerprint density at radius 3 is 2.90 bits per heavy atom. The van der Waals surface area contributed by atoms with Gasteiger partial charge in [-0.05, 0) is 17.9 Å². The number of carbonyl (C=O) groups excluding carboxylic acids is 1. The third-order valence-corrected chi connectivity index (χ3v) is 4.63. The summed E-state index contributed by atoms with van der Waals surface area (Å²) in [5, 5.41) is 15.9. The molecule has 7 heteroatoms. The standard InChI is InChI=1S/C13H14N2O3S2/c1-8(13(17)18)4-5-14-11(16)9-7-20-12(15-9)10-3-2-6-19-10/h2-3,6-8H,4-5H2,1H3,(H,14,16)(H,17,18). The Bertz CT molecular complexity index is 593. The van der Waals surface area contributed by atoms with Gasteiger partial charge in [-0.3, -0.25) is 9.59 Å². The molecular weight excluding hydrogens is 296 g/mol. The van der Waals surface area contributed by atoms with Crippen LogP contribution in [0.3, 0.4) is 0 Å². The molecule has 1 unspecified atom stereocenters. The molecule has 0 fully saturated rings. The molecule has 20 heavy (non-hydrogen) atoms. The van der Waals surface area contributed by atoms with Crippen LogP contribution >= 0.6 is 22.7 Å². The van der Waals surface area contributed by atoms with Crippen molar-refractivity contribution in [1.82, 2.24) is 10.3 Å². The maximum absolute atomic E-state index is 11.9. The highest BCUT2D eigenvalue weighted by molar-refractivity contribution is 7.20. The van der Waals surface area contributed by atoms with Crippen molar-refractivity contribution >= 4 is 34.6 Å². The molecule has 2 aromatic rings. The second-order valence-corrected chi connectivity index (χ2v) is 6.10. The lowest BCUT2D eigenvalue weighted by atomic mass is 10.1. The molecule has 0 aliphatic heterocycles. The zero-order valence-electron chi connectivity index (χ0n) is 10.8. The number of amides is 1. The van der Waals surface area contributed by atoms with Gasteiger partial charge in [0.25, 0.3) is 5.91 Å². The largest absolute Gasteiger partial charge is 0.481 e. The van der Waals surface area contributed by atoms with Gasteiger partial charge in [-0.25, -0.2) is 4.98 Å². The van der Waals surface area contributed by atoms with Crippen LogP contribution in [-0.4, -0.2) is 28.5 Å². The number of aliphatic carboxylic acids is 1. The summed E-state index contributed by atoms with van der Waals surface area (Å²) in [6.45, 7) is 1.95. The second-order valence-electron chi connectivity index (χ2n) is 4.30. The van der Waals surface area contributed by atoms with E-state index in [-0.39, 0.29) is 5.91 Å². The molecule has 1 atom stereocenters. The number of carboxylic acids is 1. The highest BCUT2D eigenvalue weighted by Crippen LogP contribution is 2.27. The predicted molar refractivity (Wildman–Crippen MR) is 79.2 cm³/mol. The van der Waals surface area contributed by atoms with Crippen molar-refractivity contribution in [2.75, 3.05) is 6.54 Å². The molecule has 2 N–H and O–H groups in total. The Hall–Kier alpha value is -1.73. The number of aromatic nitrogens is 1. The van der Waals surface area contributed by atoms with E-state index in [1.165, 1.54) is 11.3 Å². The Kier molecular flexibility index (Phi) is 4.86. The molecule has 0 spiro atoms. The van der Waals surface area contributed by atoms with Crippen LogP contribution < -0.4 is 5.32 Å². The number of hydrogen-bond acceptors (Lipinski definition) is 5. The van der Waals surface area contributed by atoms with Crippen molar-refractivity contribution in [3.63, 3.8) is 0 Å². The van der Waals surface area contributed by atoms with E-state index in [1.54, 1.807) is 23.6 Å². The summed E-state index contributed by atoms with van der Waals surface area (Å²) >= 11 is 3.00. The van der Waals surface area contributed by atoms with E-state index in [2.05, 4.69) is 10.3 Å². The molecule has 0 aliphatic carbocycles. The van der Waals surface area contributed by atoms with E-state index in [9.17, 15) is 9.59 Å². The van der Waals surface area contributed by atoms with Gasteiger partial charge >= 0.3 is 5.97 Å². The molecule has 0 radical (unpaired) electrons. The molecule has 2 rings (SSSR count). The van der Waals surface area contributed by atoms with Gasteiger partial charge in [-0.2, -0.15) is 0 Å². The van der Waals surface area contributed by atoms with Gasteiger partial charge in [-0.15, -0.1) is 22.7 Å². The molecule has 0 saturated heterocycles. The van der Waals surface area contributed by atoms with Crippen molar-refractivity contribution in [3.05, 3.63) is 28.6 Å². The zero-order valence-corrected chi connectivity index (χ0v) is 12.5. The van der Waals surface area contributed by atoms with Gasteiger partial charge < -0.3 is 10.4 Å². The van der Waals surface area contributed by atoms with Gasteiger partial charge in [0.05, 0.1) is 10.8 Å². The van der Waals surface area contributed by atoms with Crippen LogP contribution in [0.4, 0.5) is 0 Å². The highest BCUT2D eigenvalue weighted by Gasteiger charge is 2.14. The van der Waals surface area contributed by atoms with Gasteiger partial charge in [0.1, 0.15) is 10.7 Å². The second kappa shape index (κ2) is 6.62. The Morgan fingerprint density at radius 2 is 2.25 bits per heavy atom.